The minimum atomic E-state index is -0.408. The number of thiocarbonyl (C=S) groups is 1. The first kappa shape index (κ1) is 15.8. The molecule has 0 saturated heterocycles. The molecule has 0 radical (unpaired) electrons. The molecule has 2 heterocycles. The van der Waals surface area contributed by atoms with Gasteiger partial charge in [0.15, 0.2) is 0 Å². The summed E-state index contributed by atoms with van der Waals surface area (Å²) < 4.78 is 13.4. The summed E-state index contributed by atoms with van der Waals surface area (Å²) >= 11 is 6.70. The molecule has 3 rings (SSSR count). The van der Waals surface area contributed by atoms with Crippen LogP contribution < -0.4 is 16.2 Å². The van der Waals surface area contributed by atoms with Gasteiger partial charge in [-0.25, -0.2) is 14.2 Å². The summed E-state index contributed by atoms with van der Waals surface area (Å²) in [6.45, 7) is 0. The van der Waals surface area contributed by atoms with Gasteiger partial charge in [-0.1, -0.05) is 12.2 Å². The van der Waals surface area contributed by atoms with Crippen LogP contribution in [0.3, 0.4) is 0 Å². The smallest absolute Gasteiger partial charge is 0.333 e. The number of carbonyl (C=O) groups excluding carboxylic acids is 1. The van der Waals surface area contributed by atoms with E-state index < -0.39 is 5.82 Å². The molecule has 2 amide bonds. The number of pyridine rings is 1. The summed E-state index contributed by atoms with van der Waals surface area (Å²) in [6.07, 6.45) is 4.84. The van der Waals surface area contributed by atoms with E-state index in [1.54, 1.807) is 6.20 Å². The molecule has 0 atom stereocenters. The first-order valence-corrected chi connectivity index (χ1v) is 8.20. The Morgan fingerprint density at radius 3 is 2.83 bits per heavy atom. The zero-order valence-corrected chi connectivity index (χ0v) is 13.9. The van der Waals surface area contributed by atoms with Crippen LogP contribution in [0.25, 0.3) is 10.6 Å². The average Bonchev–Trinajstić information content (AvgIpc) is 3.30. The second-order valence-electron chi connectivity index (χ2n) is 5.06. The number of nitrogens with one attached hydrogen (secondary N) is 3. The summed E-state index contributed by atoms with van der Waals surface area (Å²) in [5.74, 6) is -0.0366. The molecule has 0 bridgehead atoms. The maximum Gasteiger partial charge on any atom is 0.333 e. The lowest BCUT2D eigenvalue weighted by molar-refractivity contribution is 0.241. The van der Waals surface area contributed by atoms with E-state index in [1.807, 2.05) is 0 Å². The van der Waals surface area contributed by atoms with E-state index in [1.165, 1.54) is 24.5 Å². The van der Waals surface area contributed by atoms with Crippen molar-refractivity contribution in [3.63, 3.8) is 0 Å². The molecule has 0 aromatic carbocycles. The third-order valence-corrected chi connectivity index (χ3v) is 4.87. The largest absolute Gasteiger partial charge is 0.340 e. The van der Waals surface area contributed by atoms with Crippen LogP contribution in [0.1, 0.15) is 29.3 Å². The molecule has 0 spiro atoms. The van der Waals surface area contributed by atoms with Gasteiger partial charge in [-0.15, -0.1) is 11.3 Å². The fourth-order valence-electron chi connectivity index (χ4n) is 2.01. The number of amides is 2. The molecule has 2 aromatic rings. The number of rotatable bonds is 3. The number of nitrogens with zero attached hydrogens (tertiary/aromatic N) is 2. The predicted molar refractivity (Wildman–Crippen MR) is 89.7 cm³/mol. The minimum absolute atomic E-state index is 0.372. The van der Waals surface area contributed by atoms with Gasteiger partial charge in [-0.3, -0.25) is 15.8 Å². The molecule has 1 aliphatic carbocycles. The highest BCUT2D eigenvalue weighted by Crippen LogP contribution is 2.44. The molecule has 9 heteroatoms. The number of thiazole rings is 1. The van der Waals surface area contributed by atoms with Gasteiger partial charge in [-0.2, -0.15) is 0 Å². The monoisotopic (exact) mass is 351 g/mol. The molecule has 2 aromatic heterocycles. The lowest BCUT2D eigenvalue weighted by Gasteiger charge is -2.08. The zero-order valence-electron chi connectivity index (χ0n) is 12.2. The maximum absolute atomic E-state index is 13.4. The van der Waals surface area contributed by atoms with Gasteiger partial charge >= 0.3 is 6.03 Å². The molecule has 120 valence electrons. The number of halogens is 1. The van der Waals surface area contributed by atoms with E-state index in [0.29, 0.717) is 21.5 Å². The van der Waals surface area contributed by atoms with Gasteiger partial charge < -0.3 is 5.32 Å². The summed E-state index contributed by atoms with van der Waals surface area (Å²) in [4.78, 5) is 20.9. The fraction of sp³-hybridized carbons (Fsp3) is 0.286. The SMILES string of the molecule is CNC(=O)NNC(=S)c1sc(-c2cncc(F)c2)nc1C1CC1. The van der Waals surface area contributed by atoms with Gasteiger partial charge in [0.1, 0.15) is 15.8 Å². The standard InChI is InChI=1S/C14H14FN5OS2/c1-16-14(21)20-19-12(22)11-10(7-2-3-7)18-13(23-11)8-4-9(15)6-17-5-8/h4-7H,2-3H2,1H3,(H,19,22)(H2,16,20,21). The fourth-order valence-corrected chi connectivity index (χ4v) is 3.32. The summed E-state index contributed by atoms with van der Waals surface area (Å²) in [5, 5.41) is 3.09. The second kappa shape index (κ2) is 6.55. The van der Waals surface area contributed by atoms with Crippen LogP contribution in [-0.4, -0.2) is 28.0 Å². The van der Waals surface area contributed by atoms with E-state index >= 15 is 0 Å². The molecule has 1 saturated carbocycles. The van der Waals surface area contributed by atoms with Crippen molar-refractivity contribution in [3.8, 4) is 10.6 Å². The molecule has 6 nitrogen and oxygen atoms in total. The highest BCUT2D eigenvalue weighted by Gasteiger charge is 2.31. The Hall–Kier alpha value is -2.13. The van der Waals surface area contributed by atoms with Crippen molar-refractivity contribution in [2.24, 2.45) is 0 Å². The maximum atomic E-state index is 13.4. The molecule has 1 fully saturated rings. The molecular formula is C14H14FN5OS2. The molecule has 1 aliphatic rings. The zero-order chi connectivity index (χ0) is 16.4. The number of hydrogen-bond donors (Lipinski definition) is 3. The van der Waals surface area contributed by atoms with Crippen molar-refractivity contribution in [1.82, 2.24) is 26.1 Å². The van der Waals surface area contributed by atoms with Crippen molar-refractivity contribution in [3.05, 3.63) is 34.8 Å². The summed E-state index contributed by atoms with van der Waals surface area (Å²) in [7, 11) is 1.51. The van der Waals surface area contributed by atoms with Gasteiger partial charge in [0, 0.05) is 24.7 Å². The van der Waals surface area contributed by atoms with Crippen LogP contribution in [0.2, 0.25) is 0 Å². The number of carbonyl (C=O) groups is 1. The van der Waals surface area contributed by atoms with Crippen LogP contribution in [0.15, 0.2) is 18.5 Å². The van der Waals surface area contributed by atoms with Crippen molar-refractivity contribution >= 4 is 34.6 Å². The Kier molecular flexibility index (Phi) is 4.49. The van der Waals surface area contributed by atoms with Crippen molar-refractivity contribution in [2.45, 2.75) is 18.8 Å². The summed E-state index contributed by atoms with van der Waals surface area (Å²) in [5.41, 5.74) is 6.65. The van der Waals surface area contributed by atoms with Crippen LogP contribution in [0.5, 0.6) is 0 Å². The molecule has 23 heavy (non-hydrogen) atoms. The number of hydrogen-bond acceptors (Lipinski definition) is 5. The van der Waals surface area contributed by atoms with E-state index in [4.69, 9.17) is 12.2 Å². The number of urea groups is 1. The van der Waals surface area contributed by atoms with Gasteiger partial charge in [0.05, 0.1) is 16.8 Å². The highest BCUT2D eigenvalue weighted by atomic mass is 32.1. The van der Waals surface area contributed by atoms with E-state index in [0.717, 1.165) is 29.6 Å². The first-order chi connectivity index (χ1) is 11.1. The van der Waals surface area contributed by atoms with Crippen LogP contribution in [0.4, 0.5) is 9.18 Å². The predicted octanol–water partition coefficient (Wildman–Crippen LogP) is 2.33. The van der Waals surface area contributed by atoms with E-state index in [-0.39, 0.29) is 6.03 Å². The summed E-state index contributed by atoms with van der Waals surface area (Å²) in [6, 6.07) is 1.00. The van der Waals surface area contributed by atoms with Crippen molar-refractivity contribution < 1.29 is 9.18 Å². The van der Waals surface area contributed by atoms with Crippen LogP contribution in [-0.2, 0) is 0 Å². The van der Waals surface area contributed by atoms with Crippen molar-refractivity contribution in [1.29, 1.82) is 0 Å². The lowest BCUT2D eigenvalue weighted by atomic mass is 10.2. The average molecular weight is 351 g/mol. The highest BCUT2D eigenvalue weighted by molar-refractivity contribution is 7.81. The molecule has 0 aliphatic heterocycles. The topological polar surface area (TPSA) is 78.9 Å². The van der Waals surface area contributed by atoms with Gasteiger partial charge in [0.25, 0.3) is 0 Å². The Morgan fingerprint density at radius 1 is 1.39 bits per heavy atom. The van der Waals surface area contributed by atoms with Crippen molar-refractivity contribution in [2.75, 3.05) is 7.05 Å². The molecule has 0 unspecified atom stereocenters. The first-order valence-electron chi connectivity index (χ1n) is 6.98. The number of aromatic nitrogens is 2. The molecule has 3 N–H and O–H groups in total. The Labute approximate surface area is 141 Å². The van der Waals surface area contributed by atoms with E-state index in [9.17, 15) is 9.18 Å². The Balaban J connectivity index is 1.87. The van der Waals surface area contributed by atoms with Crippen LogP contribution >= 0.6 is 23.6 Å². The van der Waals surface area contributed by atoms with E-state index in [2.05, 4.69) is 26.1 Å². The minimum Gasteiger partial charge on any atom is -0.340 e. The third kappa shape index (κ3) is 3.62. The third-order valence-electron chi connectivity index (χ3n) is 3.29. The quantitative estimate of drug-likeness (QED) is 0.584. The Morgan fingerprint density at radius 2 is 2.17 bits per heavy atom. The second-order valence-corrected chi connectivity index (χ2v) is 6.47. The number of hydrazine groups is 1. The molecular weight excluding hydrogens is 337 g/mol. The van der Waals surface area contributed by atoms with Gasteiger partial charge in [-0.05, 0) is 18.9 Å². The Bertz CT molecular complexity index is 759. The van der Waals surface area contributed by atoms with Gasteiger partial charge in [0.2, 0.25) is 0 Å². The van der Waals surface area contributed by atoms with Crippen LogP contribution in [0, 0.1) is 5.82 Å². The normalized spacial score (nSPS) is 13.5. The lowest BCUT2D eigenvalue weighted by Crippen LogP contribution is -2.45.